The first-order chi connectivity index (χ1) is 14.1. The summed E-state index contributed by atoms with van der Waals surface area (Å²) in [5, 5.41) is 8.73. The van der Waals surface area contributed by atoms with E-state index in [0.29, 0.717) is 5.92 Å². The van der Waals surface area contributed by atoms with Crippen molar-refractivity contribution in [3.8, 4) is 0 Å². The maximum absolute atomic E-state index is 10.6. The number of carboxylic acids is 1. The lowest BCUT2D eigenvalue weighted by Gasteiger charge is -2.31. The van der Waals surface area contributed by atoms with Crippen molar-refractivity contribution in [3.63, 3.8) is 0 Å². The van der Waals surface area contributed by atoms with E-state index in [2.05, 4.69) is 46.3 Å². The fourth-order valence-corrected chi connectivity index (χ4v) is 5.60. The SMILES string of the molecule is O=C(O)CC=C[C@H]1CC[C@H](CC[C@H]2CC[C@H](CCc3ccc(Br)cc3)CC2)CC1. The lowest BCUT2D eigenvalue weighted by molar-refractivity contribution is -0.136. The quantitative estimate of drug-likeness (QED) is 0.381. The van der Waals surface area contributed by atoms with E-state index in [-0.39, 0.29) is 6.42 Å². The van der Waals surface area contributed by atoms with Crippen LogP contribution < -0.4 is 0 Å². The van der Waals surface area contributed by atoms with Gasteiger partial charge in [0.2, 0.25) is 0 Å². The molecule has 2 aliphatic carbocycles. The summed E-state index contributed by atoms with van der Waals surface area (Å²) in [6.07, 6.45) is 20.5. The topological polar surface area (TPSA) is 37.3 Å². The molecular formula is C26H37BrO2. The van der Waals surface area contributed by atoms with Gasteiger partial charge in [-0.1, -0.05) is 78.7 Å². The van der Waals surface area contributed by atoms with Crippen LogP contribution in [0.1, 0.15) is 82.6 Å². The van der Waals surface area contributed by atoms with Gasteiger partial charge in [-0.15, -0.1) is 0 Å². The molecular weight excluding hydrogens is 424 g/mol. The first-order valence-corrected chi connectivity index (χ1v) is 12.5. The van der Waals surface area contributed by atoms with Crippen LogP contribution in [0.3, 0.4) is 0 Å². The van der Waals surface area contributed by atoms with Gasteiger partial charge in [0, 0.05) is 4.47 Å². The number of carboxylic acid groups (broad SMARTS) is 1. The van der Waals surface area contributed by atoms with Gasteiger partial charge in [-0.25, -0.2) is 0 Å². The van der Waals surface area contributed by atoms with Gasteiger partial charge in [-0.3, -0.25) is 4.79 Å². The summed E-state index contributed by atoms with van der Waals surface area (Å²) >= 11 is 3.52. The molecule has 2 saturated carbocycles. The fourth-order valence-electron chi connectivity index (χ4n) is 5.33. The van der Waals surface area contributed by atoms with Crippen LogP contribution in [0.15, 0.2) is 40.9 Å². The third kappa shape index (κ3) is 8.28. The Balaban J connectivity index is 1.26. The molecule has 0 aliphatic heterocycles. The van der Waals surface area contributed by atoms with Crippen LogP contribution in [0.2, 0.25) is 0 Å². The summed E-state index contributed by atoms with van der Waals surface area (Å²) in [6.45, 7) is 0. The van der Waals surface area contributed by atoms with Crippen LogP contribution >= 0.6 is 15.9 Å². The number of hydrogen-bond donors (Lipinski definition) is 1. The highest BCUT2D eigenvalue weighted by atomic mass is 79.9. The molecule has 0 bridgehead atoms. The largest absolute Gasteiger partial charge is 0.481 e. The Kier molecular flexibility index (Phi) is 9.30. The Bertz CT molecular complexity index is 635. The van der Waals surface area contributed by atoms with Crippen molar-refractivity contribution in [2.24, 2.45) is 23.7 Å². The summed E-state index contributed by atoms with van der Waals surface area (Å²) in [4.78, 5) is 10.6. The van der Waals surface area contributed by atoms with Crippen LogP contribution in [0.5, 0.6) is 0 Å². The van der Waals surface area contributed by atoms with E-state index in [1.54, 1.807) is 0 Å². The molecule has 3 heteroatoms. The first-order valence-electron chi connectivity index (χ1n) is 11.7. The molecule has 0 heterocycles. The Morgan fingerprint density at radius 3 is 1.93 bits per heavy atom. The van der Waals surface area contributed by atoms with Crippen molar-refractivity contribution in [2.75, 3.05) is 0 Å². The summed E-state index contributed by atoms with van der Waals surface area (Å²) in [6, 6.07) is 8.83. The molecule has 1 aromatic rings. The highest BCUT2D eigenvalue weighted by Gasteiger charge is 2.24. The molecule has 3 rings (SSSR count). The monoisotopic (exact) mass is 460 g/mol. The van der Waals surface area contributed by atoms with Crippen molar-refractivity contribution in [3.05, 3.63) is 46.5 Å². The zero-order valence-corrected chi connectivity index (χ0v) is 19.3. The number of aryl methyl sites for hydroxylation is 1. The minimum atomic E-state index is -0.724. The third-order valence-corrected chi connectivity index (χ3v) is 7.82. The van der Waals surface area contributed by atoms with Crippen LogP contribution in [0.4, 0.5) is 0 Å². The normalized spacial score (nSPS) is 27.9. The van der Waals surface area contributed by atoms with Gasteiger partial charge in [0.25, 0.3) is 0 Å². The van der Waals surface area contributed by atoms with Crippen molar-refractivity contribution < 1.29 is 9.90 Å². The minimum Gasteiger partial charge on any atom is -0.481 e. The van der Waals surface area contributed by atoms with Crippen molar-refractivity contribution in [1.29, 1.82) is 0 Å². The van der Waals surface area contributed by atoms with Crippen molar-refractivity contribution in [2.45, 2.75) is 83.5 Å². The summed E-state index contributed by atoms with van der Waals surface area (Å²) in [5.74, 6) is 2.70. The van der Waals surface area contributed by atoms with Gasteiger partial charge in [0.1, 0.15) is 0 Å². The van der Waals surface area contributed by atoms with Crippen LogP contribution in [-0.4, -0.2) is 11.1 Å². The van der Waals surface area contributed by atoms with E-state index in [0.717, 1.165) is 17.8 Å². The number of carbonyl (C=O) groups is 1. The lowest BCUT2D eigenvalue weighted by Crippen LogP contribution is -2.18. The fraction of sp³-hybridized carbons (Fsp3) is 0.654. The maximum atomic E-state index is 10.6. The minimum absolute atomic E-state index is 0.172. The predicted molar refractivity (Wildman–Crippen MR) is 124 cm³/mol. The highest BCUT2D eigenvalue weighted by molar-refractivity contribution is 9.10. The van der Waals surface area contributed by atoms with Crippen LogP contribution in [0.25, 0.3) is 0 Å². The number of rotatable bonds is 9. The number of aliphatic carboxylic acids is 1. The van der Waals surface area contributed by atoms with E-state index < -0.39 is 5.97 Å². The Morgan fingerprint density at radius 1 is 0.862 bits per heavy atom. The van der Waals surface area contributed by atoms with Crippen LogP contribution in [0, 0.1) is 23.7 Å². The van der Waals surface area contributed by atoms with E-state index in [9.17, 15) is 4.79 Å². The second-order valence-electron chi connectivity index (χ2n) is 9.44. The van der Waals surface area contributed by atoms with Gasteiger partial charge < -0.3 is 5.11 Å². The first kappa shape index (κ1) is 22.6. The molecule has 0 amide bonds. The number of halogens is 1. The number of allylic oxidation sites excluding steroid dienone is 1. The molecule has 0 spiro atoms. The molecule has 2 fully saturated rings. The Hall–Kier alpha value is -1.09. The molecule has 0 atom stereocenters. The van der Waals surface area contributed by atoms with E-state index in [1.165, 1.54) is 87.1 Å². The van der Waals surface area contributed by atoms with E-state index in [1.807, 2.05) is 6.08 Å². The molecule has 0 saturated heterocycles. The molecule has 160 valence electrons. The number of benzene rings is 1. The van der Waals surface area contributed by atoms with E-state index in [4.69, 9.17) is 5.11 Å². The van der Waals surface area contributed by atoms with Crippen molar-refractivity contribution >= 4 is 21.9 Å². The molecule has 0 radical (unpaired) electrons. The maximum Gasteiger partial charge on any atom is 0.307 e. The summed E-state index contributed by atoms with van der Waals surface area (Å²) < 4.78 is 1.17. The Morgan fingerprint density at radius 2 is 1.38 bits per heavy atom. The van der Waals surface area contributed by atoms with Gasteiger partial charge in [-0.05, 0) is 79.9 Å². The predicted octanol–water partition coefficient (Wildman–Crippen LogP) is 7.81. The van der Waals surface area contributed by atoms with Crippen molar-refractivity contribution in [1.82, 2.24) is 0 Å². The second kappa shape index (κ2) is 11.9. The molecule has 1 aromatic carbocycles. The average Bonchev–Trinajstić information content (AvgIpc) is 2.73. The summed E-state index contributed by atoms with van der Waals surface area (Å²) in [7, 11) is 0. The zero-order chi connectivity index (χ0) is 20.5. The van der Waals surface area contributed by atoms with Gasteiger partial charge in [-0.2, -0.15) is 0 Å². The molecule has 1 N–H and O–H groups in total. The molecule has 2 nitrogen and oxygen atoms in total. The van der Waals surface area contributed by atoms with Gasteiger partial charge >= 0.3 is 5.97 Å². The average molecular weight is 461 g/mol. The van der Waals surface area contributed by atoms with Gasteiger partial charge in [0.05, 0.1) is 6.42 Å². The highest BCUT2D eigenvalue weighted by Crippen LogP contribution is 2.38. The lowest BCUT2D eigenvalue weighted by atomic mass is 9.74. The molecule has 2 aliphatic rings. The molecule has 0 unspecified atom stereocenters. The van der Waals surface area contributed by atoms with Crippen LogP contribution in [-0.2, 0) is 11.2 Å². The standard InChI is InChI=1S/C26H37BrO2/c27-25-18-16-24(17-19-25)15-14-23-12-10-22(11-13-23)9-8-21-6-4-20(5-7-21)2-1-3-26(28)29/h1-2,16-23H,3-15H2,(H,28,29)/t20-,21-,22-,23-. The zero-order valence-electron chi connectivity index (χ0n) is 17.7. The number of hydrogen-bond acceptors (Lipinski definition) is 1. The molecule has 29 heavy (non-hydrogen) atoms. The van der Waals surface area contributed by atoms with E-state index >= 15 is 0 Å². The smallest absolute Gasteiger partial charge is 0.307 e. The Labute approximate surface area is 185 Å². The van der Waals surface area contributed by atoms with Gasteiger partial charge in [0.15, 0.2) is 0 Å². The molecule has 0 aromatic heterocycles. The third-order valence-electron chi connectivity index (χ3n) is 7.30. The summed E-state index contributed by atoms with van der Waals surface area (Å²) in [5.41, 5.74) is 1.48. The second-order valence-corrected chi connectivity index (χ2v) is 10.4.